The molecule has 0 aliphatic heterocycles. The van der Waals surface area contributed by atoms with Crippen molar-refractivity contribution in [2.45, 2.75) is 26.7 Å². The molecule has 0 spiro atoms. The van der Waals surface area contributed by atoms with E-state index in [2.05, 4.69) is 10.6 Å². The van der Waals surface area contributed by atoms with Gasteiger partial charge >= 0.3 is 5.97 Å². The third kappa shape index (κ3) is 6.26. The van der Waals surface area contributed by atoms with Gasteiger partial charge in [-0.3, -0.25) is 14.4 Å². The number of rotatable bonds is 8. The van der Waals surface area contributed by atoms with Gasteiger partial charge in [0, 0.05) is 23.2 Å². The number of aliphatic carboxylic acids is 1. The molecule has 142 valence electrons. The SMILES string of the molecule is CC(C)(Cc1ccccc1)C(=O)Nc1ccc(C(=O)NCCC(=O)O)cc1. The van der Waals surface area contributed by atoms with Crippen LogP contribution in [0.15, 0.2) is 54.6 Å². The van der Waals surface area contributed by atoms with Crippen LogP contribution in [0.2, 0.25) is 0 Å². The number of anilines is 1. The predicted molar refractivity (Wildman–Crippen MR) is 104 cm³/mol. The largest absolute Gasteiger partial charge is 0.481 e. The lowest BCUT2D eigenvalue weighted by molar-refractivity contribution is -0.136. The van der Waals surface area contributed by atoms with Crippen LogP contribution in [0.4, 0.5) is 5.69 Å². The number of benzene rings is 2. The first-order valence-corrected chi connectivity index (χ1v) is 8.73. The molecule has 0 bridgehead atoms. The van der Waals surface area contributed by atoms with Crippen LogP contribution in [0.5, 0.6) is 0 Å². The van der Waals surface area contributed by atoms with E-state index in [-0.39, 0.29) is 24.8 Å². The van der Waals surface area contributed by atoms with Crippen LogP contribution in [0, 0.1) is 5.41 Å². The van der Waals surface area contributed by atoms with Crippen molar-refractivity contribution in [1.82, 2.24) is 5.32 Å². The molecule has 0 saturated heterocycles. The van der Waals surface area contributed by atoms with Crippen molar-refractivity contribution < 1.29 is 19.5 Å². The second-order valence-corrected chi connectivity index (χ2v) is 6.98. The van der Waals surface area contributed by atoms with Crippen LogP contribution in [-0.2, 0) is 16.0 Å². The molecule has 6 nitrogen and oxygen atoms in total. The van der Waals surface area contributed by atoms with Gasteiger partial charge in [-0.1, -0.05) is 44.2 Å². The molecule has 0 atom stereocenters. The van der Waals surface area contributed by atoms with Gasteiger partial charge in [0.05, 0.1) is 6.42 Å². The lowest BCUT2D eigenvalue weighted by Crippen LogP contribution is -2.32. The summed E-state index contributed by atoms with van der Waals surface area (Å²) in [6.07, 6.45) is 0.486. The topological polar surface area (TPSA) is 95.5 Å². The predicted octanol–water partition coefficient (Wildman–Crippen LogP) is 3.10. The molecule has 0 fully saturated rings. The van der Waals surface area contributed by atoms with Crippen LogP contribution >= 0.6 is 0 Å². The Morgan fingerprint density at radius 2 is 1.59 bits per heavy atom. The lowest BCUT2D eigenvalue weighted by atomic mass is 9.84. The van der Waals surface area contributed by atoms with E-state index >= 15 is 0 Å². The quantitative estimate of drug-likeness (QED) is 0.667. The number of hydrogen-bond donors (Lipinski definition) is 3. The number of nitrogens with one attached hydrogen (secondary N) is 2. The summed E-state index contributed by atoms with van der Waals surface area (Å²) >= 11 is 0. The summed E-state index contributed by atoms with van der Waals surface area (Å²) in [5, 5.41) is 14.0. The summed E-state index contributed by atoms with van der Waals surface area (Å²) in [6.45, 7) is 3.85. The van der Waals surface area contributed by atoms with Crippen molar-refractivity contribution in [1.29, 1.82) is 0 Å². The van der Waals surface area contributed by atoms with Gasteiger partial charge in [0.25, 0.3) is 5.91 Å². The second kappa shape index (κ2) is 8.98. The van der Waals surface area contributed by atoms with Crippen LogP contribution in [0.1, 0.15) is 36.2 Å². The Morgan fingerprint density at radius 1 is 0.963 bits per heavy atom. The minimum absolute atomic E-state index is 0.0698. The first-order valence-electron chi connectivity index (χ1n) is 8.73. The van der Waals surface area contributed by atoms with Gasteiger partial charge in [-0.15, -0.1) is 0 Å². The Hall–Kier alpha value is -3.15. The smallest absolute Gasteiger partial charge is 0.305 e. The van der Waals surface area contributed by atoms with Crippen molar-refractivity contribution in [3.8, 4) is 0 Å². The third-order valence-corrected chi connectivity index (χ3v) is 4.13. The minimum atomic E-state index is -0.966. The zero-order valence-electron chi connectivity index (χ0n) is 15.5. The van der Waals surface area contributed by atoms with E-state index in [1.54, 1.807) is 24.3 Å². The van der Waals surface area contributed by atoms with Gasteiger partial charge < -0.3 is 15.7 Å². The Bertz CT molecular complexity index is 799. The average molecular weight is 368 g/mol. The van der Waals surface area contributed by atoms with E-state index in [0.717, 1.165) is 5.56 Å². The Morgan fingerprint density at radius 3 is 2.19 bits per heavy atom. The highest BCUT2D eigenvalue weighted by molar-refractivity contribution is 5.97. The standard InChI is InChI=1S/C21H24N2O4/c1-21(2,14-15-6-4-3-5-7-15)20(27)23-17-10-8-16(9-11-17)19(26)22-13-12-18(24)25/h3-11H,12-14H2,1-2H3,(H,22,26)(H,23,27)(H,24,25). The van der Waals surface area contributed by atoms with E-state index in [9.17, 15) is 14.4 Å². The van der Waals surface area contributed by atoms with Gasteiger partial charge in [-0.25, -0.2) is 0 Å². The number of carboxylic acids is 1. The van der Waals surface area contributed by atoms with Crippen molar-refractivity contribution in [2.24, 2.45) is 5.41 Å². The van der Waals surface area contributed by atoms with Gasteiger partial charge in [0.15, 0.2) is 0 Å². The highest BCUT2D eigenvalue weighted by Crippen LogP contribution is 2.24. The van der Waals surface area contributed by atoms with Gasteiger partial charge in [0.2, 0.25) is 5.91 Å². The molecule has 0 aromatic heterocycles. The molecule has 0 aliphatic carbocycles. The fraction of sp³-hybridized carbons (Fsp3) is 0.286. The zero-order valence-corrected chi connectivity index (χ0v) is 15.5. The maximum Gasteiger partial charge on any atom is 0.305 e. The summed E-state index contributed by atoms with van der Waals surface area (Å²) in [5.74, 6) is -1.42. The number of carbonyl (C=O) groups excluding carboxylic acids is 2. The molecule has 0 saturated carbocycles. The summed E-state index contributed by atoms with van der Waals surface area (Å²) < 4.78 is 0. The maximum atomic E-state index is 12.6. The molecule has 0 unspecified atom stereocenters. The van der Waals surface area contributed by atoms with Crippen molar-refractivity contribution in [2.75, 3.05) is 11.9 Å². The molecule has 3 N–H and O–H groups in total. The number of amides is 2. The van der Waals surface area contributed by atoms with Gasteiger partial charge in [-0.2, -0.15) is 0 Å². The minimum Gasteiger partial charge on any atom is -0.481 e. The van der Waals surface area contributed by atoms with Crippen LogP contribution < -0.4 is 10.6 Å². The fourth-order valence-corrected chi connectivity index (χ4v) is 2.58. The van der Waals surface area contributed by atoms with Crippen molar-refractivity contribution in [3.05, 3.63) is 65.7 Å². The summed E-state index contributed by atoms with van der Waals surface area (Å²) in [4.78, 5) is 35.0. The molecule has 0 heterocycles. The molecule has 2 aromatic rings. The van der Waals surface area contributed by atoms with Crippen molar-refractivity contribution >= 4 is 23.5 Å². The van der Waals surface area contributed by atoms with Crippen molar-refractivity contribution in [3.63, 3.8) is 0 Å². The van der Waals surface area contributed by atoms with Crippen LogP contribution in [-0.4, -0.2) is 29.4 Å². The number of hydrogen-bond acceptors (Lipinski definition) is 3. The van der Waals surface area contributed by atoms with E-state index in [1.807, 2.05) is 44.2 Å². The van der Waals surface area contributed by atoms with E-state index < -0.39 is 11.4 Å². The number of carboxylic acid groups (broad SMARTS) is 1. The summed E-state index contributed by atoms with van der Waals surface area (Å²) in [6, 6.07) is 16.3. The molecular formula is C21H24N2O4. The maximum absolute atomic E-state index is 12.6. The molecule has 27 heavy (non-hydrogen) atoms. The highest BCUT2D eigenvalue weighted by Gasteiger charge is 2.28. The molecule has 0 aliphatic rings. The van der Waals surface area contributed by atoms with Gasteiger partial charge in [0.1, 0.15) is 0 Å². The Kier molecular flexibility index (Phi) is 6.71. The molecule has 6 heteroatoms. The van der Waals surface area contributed by atoms with E-state index in [1.165, 1.54) is 0 Å². The Balaban J connectivity index is 1.93. The first kappa shape index (κ1) is 20.2. The molecule has 2 amide bonds. The Labute approximate surface area is 158 Å². The lowest BCUT2D eigenvalue weighted by Gasteiger charge is -2.23. The normalized spacial score (nSPS) is 10.9. The molecule has 2 aromatic carbocycles. The van der Waals surface area contributed by atoms with Crippen LogP contribution in [0.25, 0.3) is 0 Å². The first-order chi connectivity index (χ1) is 12.8. The monoisotopic (exact) mass is 368 g/mol. The zero-order chi connectivity index (χ0) is 19.9. The average Bonchev–Trinajstić information content (AvgIpc) is 2.62. The molecule has 0 radical (unpaired) electrons. The van der Waals surface area contributed by atoms with E-state index in [4.69, 9.17) is 5.11 Å². The van der Waals surface area contributed by atoms with E-state index in [0.29, 0.717) is 17.7 Å². The summed E-state index contributed by atoms with van der Waals surface area (Å²) in [7, 11) is 0. The fourth-order valence-electron chi connectivity index (χ4n) is 2.58. The summed E-state index contributed by atoms with van der Waals surface area (Å²) in [5.41, 5.74) is 1.50. The van der Waals surface area contributed by atoms with Crippen LogP contribution in [0.3, 0.4) is 0 Å². The number of carbonyl (C=O) groups is 3. The molecular weight excluding hydrogens is 344 g/mol. The third-order valence-electron chi connectivity index (χ3n) is 4.13. The highest BCUT2D eigenvalue weighted by atomic mass is 16.4. The van der Waals surface area contributed by atoms with Gasteiger partial charge in [-0.05, 0) is 36.2 Å². The second-order valence-electron chi connectivity index (χ2n) is 6.98. The molecule has 2 rings (SSSR count).